The van der Waals surface area contributed by atoms with E-state index in [0.717, 1.165) is 52.1 Å². The van der Waals surface area contributed by atoms with Crippen LogP contribution in [0.25, 0.3) is 0 Å². The first-order valence-corrected chi connectivity index (χ1v) is 8.20. The third-order valence-corrected chi connectivity index (χ3v) is 4.15. The molecule has 1 aliphatic rings. The van der Waals surface area contributed by atoms with E-state index in [1.165, 1.54) is 11.3 Å². The number of carbonyl (C=O) groups excluding carboxylic acids is 1. The number of hydrogen-bond acceptors (Lipinski definition) is 4. The van der Waals surface area contributed by atoms with Crippen LogP contribution >= 0.6 is 37.2 Å². The summed E-state index contributed by atoms with van der Waals surface area (Å²) in [6.07, 6.45) is 2.14. The van der Waals surface area contributed by atoms with E-state index in [-0.39, 0.29) is 49.7 Å². The van der Waals surface area contributed by atoms with E-state index in [1.54, 1.807) is 0 Å². The highest BCUT2D eigenvalue weighted by Gasteiger charge is 2.16. The first-order valence-electron chi connectivity index (χ1n) is 8.20. The van der Waals surface area contributed by atoms with Crippen LogP contribution in [0.15, 0.2) is 24.3 Å². The Labute approximate surface area is 169 Å². The van der Waals surface area contributed by atoms with Crippen LogP contribution in [0.4, 0.5) is 5.69 Å². The molecule has 146 valence electrons. The molecule has 0 bridgehead atoms. The number of benzene rings is 1. The maximum atomic E-state index is 11.0. The van der Waals surface area contributed by atoms with Crippen molar-refractivity contribution < 1.29 is 4.79 Å². The van der Waals surface area contributed by atoms with Crippen molar-refractivity contribution in [3.63, 3.8) is 0 Å². The molecule has 1 aliphatic heterocycles. The highest BCUT2D eigenvalue weighted by Crippen LogP contribution is 2.17. The number of carbonyl (C=O) groups is 1. The summed E-state index contributed by atoms with van der Waals surface area (Å²) in [7, 11) is 0. The number of rotatable bonds is 7. The predicted molar refractivity (Wildman–Crippen MR) is 113 cm³/mol. The minimum atomic E-state index is -0.0632. The number of aryl methyl sites for hydroxylation is 1. The molecular weight excluding hydrogens is 383 g/mol. The first-order chi connectivity index (χ1) is 10.7. The van der Waals surface area contributed by atoms with Crippen LogP contribution in [0.3, 0.4) is 0 Å². The summed E-state index contributed by atoms with van der Waals surface area (Å²) in [6, 6.07) is 8.73. The summed E-state index contributed by atoms with van der Waals surface area (Å²) < 4.78 is 0. The number of halogens is 3. The summed E-state index contributed by atoms with van der Waals surface area (Å²) in [6.45, 7) is 8.48. The van der Waals surface area contributed by atoms with Crippen molar-refractivity contribution in [3.8, 4) is 0 Å². The van der Waals surface area contributed by atoms with Crippen LogP contribution in [-0.2, 0) is 4.79 Å². The van der Waals surface area contributed by atoms with Crippen molar-refractivity contribution in [1.82, 2.24) is 10.2 Å². The van der Waals surface area contributed by atoms with Gasteiger partial charge in [0.15, 0.2) is 0 Å². The third-order valence-electron chi connectivity index (χ3n) is 4.15. The van der Waals surface area contributed by atoms with E-state index < -0.39 is 0 Å². The molecule has 8 heteroatoms. The fraction of sp³-hybridized carbons (Fsp3) is 0.588. The molecule has 3 N–H and O–H groups in total. The van der Waals surface area contributed by atoms with Gasteiger partial charge in [-0.15, -0.1) is 37.2 Å². The maximum Gasteiger partial charge on any atom is 0.233 e. The molecule has 0 aromatic heterocycles. The van der Waals surface area contributed by atoms with Gasteiger partial charge in [-0.2, -0.15) is 0 Å². The fourth-order valence-corrected chi connectivity index (χ4v) is 2.81. The van der Waals surface area contributed by atoms with Crippen molar-refractivity contribution in [2.45, 2.75) is 19.8 Å². The molecular formula is C17H31Cl3N4O. The Balaban J connectivity index is 0. The van der Waals surface area contributed by atoms with Gasteiger partial charge < -0.3 is 16.0 Å². The molecule has 1 heterocycles. The zero-order valence-electron chi connectivity index (χ0n) is 14.8. The van der Waals surface area contributed by atoms with Gasteiger partial charge in [-0.05, 0) is 44.0 Å². The Morgan fingerprint density at radius 3 is 2.40 bits per heavy atom. The topological polar surface area (TPSA) is 61.6 Å². The van der Waals surface area contributed by atoms with Crippen LogP contribution in [0, 0.1) is 6.92 Å². The van der Waals surface area contributed by atoms with Crippen molar-refractivity contribution in [2.24, 2.45) is 5.73 Å². The van der Waals surface area contributed by atoms with Gasteiger partial charge in [-0.1, -0.05) is 12.1 Å². The number of amides is 1. The monoisotopic (exact) mass is 412 g/mol. The average molecular weight is 414 g/mol. The zero-order valence-corrected chi connectivity index (χ0v) is 17.2. The molecule has 0 radical (unpaired) electrons. The van der Waals surface area contributed by atoms with Crippen LogP contribution in [0.2, 0.25) is 0 Å². The lowest BCUT2D eigenvalue weighted by molar-refractivity contribution is -0.119. The second-order valence-corrected chi connectivity index (χ2v) is 5.93. The molecule has 25 heavy (non-hydrogen) atoms. The average Bonchev–Trinajstić information content (AvgIpc) is 2.55. The Kier molecular flexibility index (Phi) is 15.3. The number of nitrogens with one attached hydrogen (secondary N) is 1. The number of anilines is 1. The van der Waals surface area contributed by atoms with Gasteiger partial charge in [-0.25, -0.2) is 0 Å². The van der Waals surface area contributed by atoms with E-state index >= 15 is 0 Å². The highest BCUT2D eigenvalue weighted by molar-refractivity contribution is 5.86. The third kappa shape index (κ3) is 9.52. The quantitative estimate of drug-likeness (QED) is 0.673. The highest BCUT2D eigenvalue weighted by atomic mass is 35.5. The van der Waals surface area contributed by atoms with Gasteiger partial charge in [-0.3, -0.25) is 9.69 Å². The van der Waals surface area contributed by atoms with E-state index in [2.05, 4.69) is 46.3 Å². The van der Waals surface area contributed by atoms with Crippen molar-refractivity contribution in [2.75, 3.05) is 50.7 Å². The van der Waals surface area contributed by atoms with Gasteiger partial charge >= 0.3 is 0 Å². The number of piperazine rings is 1. The van der Waals surface area contributed by atoms with E-state index in [1.807, 2.05) is 0 Å². The number of nitrogens with zero attached hydrogens (tertiary/aromatic N) is 2. The van der Waals surface area contributed by atoms with E-state index in [9.17, 15) is 4.79 Å². The minimum absolute atomic E-state index is 0. The smallest absolute Gasteiger partial charge is 0.233 e. The van der Waals surface area contributed by atoms with Crippen molar-refractivity contribution in [3.05, 3.63) is 29.8 Å². The van der Waals surface area contributed by atoms with Gasteiger partial charge in [0.05, 0.1) is 6.54 Å². The normalized spacial score (nSPS) is 13.9. The van der Waals surface area contributed by atoms with E-state index in [4.69, 9.17) is 5.73 Å². The standard InChI is InChI=1S/C17H28N4O.3ClH/c1-15-5-4-6-16(13-15)21-11-9-20(10-12-21)8-3-2-7-19-17(22)14-18;;;/h4-6,13H,2-3,7-12,14,18H2,1H3,(H,19,22);3*1H. The van der Waals surface area contributed by atoms with Crippen molar-refractivity contribution in [1.29, 1.82) is 0 Å². The Morgan fingerprint density at radius 2 is 1.80 bits per heavy atom. The van der Waals surface area contributed by atoms with Crippen molar-refractivity contribution >= 4 is 48.8 Å². The number of unbranched alkanes of at least 4 members (excludes halogenated alkanes) is 1. The summed E-state index contributed by atoms with van der Waals surface area (Å²) in [5.74, 6) is -0.0632. The predicted octanol–water partition coefficient (Wildman–Crippen LogP) is 2.24. The largest absolute Gasteiger partial charge is 0.369 e. The molecule has 5 nitrogen and oxygen atoms in total. The molecule has 1 saturated heterocycles. The van der Waals surface area contributed by atoms with E-state index in [0.29, 0.717) is 0 Å². The summed E-state index contributed by atoms with van der Waals surface area (Å²) in [4.78, 5) is 16.0. The Bertz CT molecular complexity index is 483. The van der Waals surface area contributed by atoms with Crippen LogP contribution in [0.5, 0.6) is 0 Å². The number of nitrogens with two attached hydrogens (primary N) is 1. The summed E-state index contributed by atoms with van der Waals surface area (Å²) >= 11 is 0. The van der Waals surface area contributed by atoms with Crippen LogP contribution in [-0.4, -0.2) is 56.6 Å². The van der Waals surface area contributed by atoms with Crippen LogP contribution < -0.4 is 16.0 Å². The Hall–Kier alpha value is -0.720. The first kappa shape index (κ1) is 26.5. The van der Waals surface area contributed by atoms with Gasteiger partial charge in [0.1, 0.15) is 0 Å². The molecule has 0 atom stereocenters. The lowest BCUT2D eigenvalue weighted by Crippen LogP contribution is -2.46. The molecule has 1 amide bonds. The van der Waals surface area contributed by atoms with Crippen LogP contribution in [0.1, 0.15) is 18.4 Å². The van der Waals surface area contributed by atoms with Gasteiger partial charge in [0.25, 0.3) is 0 Å². The molecule has 0 spiro atoms. The zero-order chi connectivity index (χ0) is 15.8. The summed E-state index contributed by atoms with van der Waals surface area (Å²) in [5, 5.41) is 2.81. The SMILES string of the molecule is Cc1cccc(N2CCN(CCCCNC(=O)CN)CC2)c1.Cl.Cl.Cl. The number of hydrogen-bond donors (Lipinski definition) is 2. The molecule has 0 saturated carbocycles. The molecule has 2 rings (SSSR count). The molecule has 1 aromatic carbocycles. The Morgan fingerprint density at radius 1 is 1.12 bits per heavy atom. The molecule has 0 aliphatic carbocycles. The lowest BCUT2D eigenvalue weighted by Gasteiger charge is -2.36. The molecule has 1 fully saturated rings. The minimum Gasteiger partial charge on any atom is -0.369 e. The maximum absolute atomic E-state index is 11.0. The van der Waals surface area contributed by atoms with Gasteiger partial charge in [0.2, 0.25) is 5.91 Å². The fourth-order valence-electron chi connectivity index (χ4n) is 2.81. The second kappa shape index (κ2) is 14.4. The van der Waals surface area contributed by atoms with Gasteiger partial charge in [0, 0.05) is 38.4 Å². The summed E-state index contributed by atoms with van der Waals surface area (Å²) in [5.41, 5.74) is 7.91. The molecule has 1 aromatic rings. The lowest BCUT2D eigenvalue weighted by atomic mass is 10.2. The molecule has 0 unspecified atom stereocenters. The second-order valence-electron chi connectivity index (χ2n) is 5.93.